The summed E-state index contributed by atoms with van der Waals surface area (Å²) < 4.78 is 26.7. The molecule has 0 aliphatic rings. The molecule has 5 nitrogen and oxygen atoms in total. The fourth-order valence-corrected chi connectivity index (χ4v) is 3.68. The van der Waals surface area contributed by atoms with Gasteiger partial charge in [-0.2, -0.15) is 0 Å². The van der Waals surface area contributed by atoms with Crippen LogP contribution in [0.25, 0.3) is 0 Å². The highest BCUT2D eigenvalue weighted by Crippen LogP contribution is 2.21. The minimum Gasteiger partial charge on any atom is -0.392 e. The summed E-state index contributed by atoms with van der Waals surface area (Å²) in [4.78, 5) is 5.18. The van der Waals surface area contributed by atoms with Crippen LogP contribution in [0.3, 0.4) is 0 Å². The predicted octanol–water partition coefficient (Wildman–Crippen LogP) is 2.08. The van der Waals surface area contributed by atoms with Gasteiger partial charge in [0.25, 0.3) is 0 Å². The number of benzene rings is 1. The van der Waals surface area contributed by atoms with Crippen molar-refractivity contribution in [2.75, 3.05) is 0 Å². The lowest BCUT2D eigenvalue weighted by molar-refractivity contribution is 0.282. The van der Waals surface area contributed by atoms with Crippen molar-refractivity contribution < 1.29 is 13.5 Å². The minimum absolute atomic E-state index is 0.0629. The van der Waals surface area contributed by atoms with Gasteiger partial charge in [0.15, 0.2) is 0 Å². The van der Waals surface area contributed by atoms with E-state index in [-0.39, 0.29) is 23.1 Å². The van der Waals surface area contributed by atoms with Gasteiger partial charge in [-0.25, -0.2) is 18.1 Å². The van der Waals surface area contributed by atoms with E-state index in [1.54, 1.807) is 6.20 Å². The average molecular weight is 333 g/mol. The zero-order valence-corrected chi connectivity index (χ0v) is 13.0. The van der Waals surface area contributed by atoms with Gasteiger partial charge in [0.05, 0.1) is 18.0 Å². The van der Waals surface area contributed by atoms with Crippen LogP contribution in [-0.4, -0.2) is 18.5 Å². The van der Waals surface area contributed by atoms with E-state index >= 15 is 0 Å². The Kier molecular flexibility index (Phi) is 4.77. The van der Waals surface area contributed by atoms with E-state index in [0.29, 0.717) is 10.6 Å². The predicted molar refractivity (Wildman–Crippen MR) is 78.3 cm³/mol. The van der Waals surface area contributed by atoms with Crippen molar-refractivity contribution in [1.82, 2.24) is 9.71 Å². The van der Waals surface area contributed by atoms with Gasteiger partial charge >= 0.3 is 0 Å². The zero-order chi connectivity index (χ0) is 14.8. The van der Waals surface area contributed by atoms with Gasteiger partial charge in [0, 0.05) is 16.1 Å². The molecule has 0 bridgehead atoms. The quantitative estimate of drug-likeness (QED) is 0.878. The molecule has 0 amide bonds. The smallest absolute Gasteiger partial charge is 0.241 e. The van der Waals surface area contributed by atoms with Gasteiger partial charge in [0.1, 0.15) is 5.01 Å². The van der Waals surface area contributed by atoms with Crippen molar-refractivity contribution in [3.8, 4) is 0 Å². The van der Waals surface area contributed by atoms with Crippen LogP contribution in [0.15, 0.2) is 29.3 Å². The Bertz CT molecular complexity index is 713. The molecule has 0 saturated carbocycles. The fraction of sp³-hybridized carbons (Fsp3) is 0.250. The standard InChI is InChI=1S/C12H13ClN2O3S2/c1-8-5-14-12(19-8)6-15-20(17,18)10-3-2-9(7-16)11(13)4-10/h2-5,15-16H,6-7H2,1H3. The first-order valence-electron chi connectivity index (χ1n) is 5.72. The number of aryl methyl sites for hydroxylation is 1. The summed E-state index contributed by atoms with van der Waals surface area (Å²) in [5, 5.41) is 9.93. The van der Waals surface area contributed by atoms with Gasteiger partial charge < -0.3 is 5.11 Å². The zero-order valence-electron chi connectivity index (χ0n) is 10.6. The molecule has 0 aliphatic carbocycles. The largest absolute Gasteiger partial charge is 0.392 e. The van der Waals surface area contributed by atoms with E-state index in [9.17, 15) is 8.42 Å². The Labute approximate surface area is 126 Å². The summed E-state index contributed by atoms with van der Waals surface area (Å²) in [6, 6.07) is 4.22. The van der Waals surface area contributed by atoms with Crippen molar-refractivity contribution in [2.45, 2.75) is 25.0 Å². The highest BCUT2D eigenvalue weighted by Gasteiger charge is 2.16. The molecular formula is C12H13ClN2O3S2. The number of nitrogens with zero attached hydrogens (tertiary/aromatic N) is 1. The van der Waals surface area contributed by atoms with E-state index in [0.717, 1.165) is 4.88 Å². The lowest BCUT2D eigenvalue weighted by Crippen LogP contribution is -2.23. The Hall–Kier alpha value is -0.990. The van der Waals surface area contributed by atoms with Crippen molar-refractivity contribution in [3.05, 3.63) is 44.9 Å². The van der Waals surface area contributed by atoms with Crippen LogP contribution < -0.4 is 4.72 Å². The maximum Gasteiger partial charge on any atom is 0.241 e. The molecule has 2 aromatic rings. The summed E-state index contributed by atoms with van der Waals surface area (Å²) in [5.41, 5.74) is 0.487. The third-order valence-corrected chi connectivity index (χ3v) is 5.25. The maximum atomic E-state index is 12.1. The molecule has 1 aromatic carbocycles. The van der Waals surface area contributed by atoms with E-state index in [1.165, 1.54) is 29.5 Å². The lowest BCUT2D eigenvalue weighted by atomic mass is 10.2. The van der Waals surface area contributed by atoms with Crippen LogP contribution in [0.1, 0.15) is 15.4 Å². The van der Waals surface area contributed by atoms with Gasteiger partial charge in [0.2, 0.25) is 10.0 Å². The van der Waals surface area contributed by atoms with E-state index < -0.39 is 10.0 Å². The summed E-state index contributed by atoms with van der Waals surface area (Å²) in [6.07, 6.45) is 1.70. The molecule has 0 saturated heterocycles. The fourth-order valence-electron chi connectivity index (χ4n) is 1.55. The molecule has 0 radical (unpaired) electrons. The average Bonchev–Trinajstić information content (AvgIpc) is 2.82. The number of nitrogens with one attached hydrogen (secondary N) is 1. The molecule has 8 heteroatoms. The molecular weight excluding hydrogens is 320 g/mol. The molecule has 0 unspecified atom stereocenters. The maximum absolute atomic E-state index is 12.1. The van der Waals surface area contributed by atoms with Crippen LogP contribution in [-0.2, 0) is 23.2 Å². The summed E-state index contributed by atoms with van der Waals surface area (Å²) >= 11 is 7.33. The van der Waals surface area contributed by atoms with E-state index in [1.807, 2.05) is 6.92 Å². The number of halogens is 1. The highest BCUT2D eigenvalue weighted by atomic mass is 35.5. The van der Waals surface area contributed by atoms with Gasteiger partial charge in [-0.1, -0.05) is 17.7 Å². The number of hydrogen-bond donors (Lipinski definition) is 2. The Morgan fingerprint density at radius 1 is 1.45 bits per heavy atom. The van der Waals surface area contributed by atoms with Gasteiger partial charge in [-0.05, 0) is 24.6 Å². The first-order valence-corrected chi connectivity index (χ1v) is 8.40. The summed E-state index contributed by atoms with van der Waals surface area (Å²) in [6.45, 7) is 1.81. The number of thiazole rings is 1. The number of rotatable bonds is 5. The molecule has 0 fully saturated rings. The van der Waals surface area contributed by atoms with Gasteiger partial charge in [-0.3, -0.25) is 0 Å². The number of aliphatic hydroxyl groups is 1. The topological polar surface area (TPSA) is 79.3 Å². The van der Waals surface area contributed by atoms with Crippen LogP contribution in [0.5, 0.6) is 0 Å². The highest BCUT2D eigenvalue weighted by molar-refractivity contribution is 7.89. The lowest BCUT2D eigenvalue weighted by Gasteiger charge is -2.07. The van der Waals surface area contributed by atoms with Crippen LogP contribution in [0.4, 0.5) is 0 Å². The molecule has 20 heavy (non-hydrogen) atoms. The van der Waals surface area contributed by atoms with Crippen molar-refractivity contribution >= 4 is 33.0 Å². The molecule has 2 rings (SSSR count). The SMILES string of the molecule is Cc1cnc(CNS(=O)(=O)c2ccc(CO)c(Cl)c2)s1. The summed E-state index contributed by atoms with van der Waals surface area (Å²) in [7, 11) is -3.65. The monoisotopic (exact) mass is 332 g/mol. The first-order chi connectivity index (χ1) is 9.42. The van der Waals surface area contributed by atoms with Crippen molar-refractivity contribution in [3.63, 3.8) is 0 Å². The normalized spacial score (nSPS) is 11.8. The molecule has 2 N–H and O–H groups in total. The number of aromatic nitrogens is 1. The second-order valence-electron chi connectivity index (χ2n) is 4.10. The second-order valence-corrected chi connectivity index (χ2v) is 7.59. The van der Waals surface area contributed by atoms with Crippen LogP contribution >= 0.6 is 22.9 Å². The van der Waals surface area contributed by atoms with E-state index in [2.05, 4.69) is 9.71 Å². The van der Waals surface area contributed by atoms with E-state index in [4.69, 9.17) is 16.7 Å². The molecule has 0 spiro atoms. The van der Waals surface area contributed by atoms with Crippen LogP contribution in [0.2, 0.25) is 5.02 Å². The molecule has 1 aromatic heterocycles. The molecule has 0 aliphatic heterocycles. The molecule has 108 valence electrons. The number of aliphatic hydroxyl groups excluding tert-OH is 1. The van der Waals surface area contributed by atoms with Crippen LogP contribution in [0, 0.1) is 6.92 Å². The molecule has 1 heterocycles. The summed E-state index contributed by atoms with van der Waals surface area (Å²) in [5.74, 6) is 0. The Morgan fingerprint density at radius 2 is 2.20 bits per heavy atom. The minimum atomic E-state index is -3.65. The van der Waals surface area contributed by atoms with Crippen molar-refractivity contribution in [1.29, 1.82) is 0 Å². The first kappa shape index (κ1) is 15.4. The number of hydrogen-bond acceptors (Lipinski definition) is 5. The third-order valence-electron chi connectivity index (χ3n) is 2.59. The third kappa shape index (κ3) is 3.56. The Morgan fingerprint density at radius 3 is 2.75 bits per heavy atom. The second kappa shape index (κ2) is 6.19. The molecule has 0 atom stereocenters. The van der Waals surface area contributed by atoms with Gasteiger partial charge in [-0.15, -0.1) is 11.3 Å². The number of sulfonamides is 1. The van der Waals surface area contributed by atoms with Crippen molar-refractivity contribution in [2.24, 2.45) is 0 Å². The Balaban J connectivity index is 2.15.